The molecule has 0 aliphatic carbocycles. The van der Waals surface area contributed by atoms with Crippen LogP contribution in [-0.2, 0) is 9.47 Å². The van der Waals surface area contributed by atoms with Gasteiger partial charge in [0.25, 0.3) is 0 Å². The largest absolute Gasteiger partial charge is 0.391 e. The van der Waals surface area contributed by atoms with Crippen molar-refractivity contribution in [2.75, 3.05) is 13.2 Å². The maximum Gasteiger partial charge on any atom is 0.218 e. The lowest BCUT2D eigenvalue weighted by Crippen LogP contribution is -2.66. The molecule has 0 amide bonds. The molecule has 8 atom stereocenters. The lowest BCUT2D eigenvalue weighted by Gasteiger charge is -2.49. The first kappa shape index (κ1) is 17.9. The number of ether oxygens (including phenoxy) is 2. The van der Waals surface area contributed by atoms with Crippen molar-refractivity contribution in [1.29, 1.82) is 0 Å². The highest BCUT2D eigenvalue weighted by molar-refractivity contribution is 4.97. The zero-order valence-corrected chi connectivity index (χ0v) is 11.7. The normalized spacial score (nSPS) is 53.5. The lowest BCUT2D eigenvalue weighted by atomic mass is 9.87. The summed E-state index contributed by atoms with van der Waals surface area (Å²) in [5, 5.41) is 77.0. The molecule has 2 aliphatic rings. The van der Waals surface area contributed by atoms with Crippen LogP contribution in [0.5, 0.6) is 0 Å². The van der Waals surface area contributed by atoms with Gasteiger partial charge in [0, 0.05) is 12.8 Å². The van der Waals surface area contributed by atoms with Gasteiger partial charge in [0.15, 0.2) is 0 Å². The fourth-order valence-corrected chi connectivity index (χ4v) is 2.81. The Bertz CT molecular complexity index is 358. The minimum atomic E-state index is -2.43. The van der Waals surface area contributed by atoms with Crippen LogP contribution in [0.2, 0.25) is 0 Å². The number of rotatable bonds is 3. The van der Waals surface area contributed by atoms with Crippen molar-refractivity contribution in [3.05, 3.63) is 0 Å². The molecule has 22 heavy (non-hydrogen) atoms. The van der Waals surface area contributed by atoms with Crippen LogP contribution in [-0.4, -0.2) is 102 Å². The SMILES string of the molecule is OCC1(O)O[C@@H]([C@@H]2CC(O)[C@H](O)[C@@](O)(CO)O2)C[C@@H](O)[C@@H]1O. The van der Waals surface area contributed by atoms with E-state index in [0.717, 1.165) is 0 Å². The molecule has 2 fully saturated rings. The van der Waals surface area contributed by atoms with Crippen molar-refractivity contribution < 1.29 is 50.3 Å². The van der Waals surface area contributed by atoms with Crippen LogP contribution in [0.4, 0.5) is 0 Å². The molecule has 10 nitrogen and oxygen atoms in total. The minimum absolute atomic E-state index is 0.210. The second kappa shape index (κ2) is 6.24. The third kappa shape index (κ3) is 2.99. The van der Waals surface area contributed by atoms with Gasteiger partial charge in [0.2, 0.25) is 11.6 Å². The predicted molar refractivity (Wildman–Crippen MR) is 67.1 cm³/mol. The van der Waals surface area contributed by atoms with E-state index >= 15 is 0 Å². The highest BCUT2D eigenvalue weighted by Crippen LogP contribution is 2.36. The second-order valence-electron chi connectivity index (χ2n) is 5.81. The molecule has 0 saturated carbocycles. The van der Waals surface area contributed by atoms with Crippen molar-refractivity contribution in [2.45, 2.75) is 61.0 Å². The average molecular weight is 326 g/mol. The molecule has 0 bridgehead atoms. The van der Waals surface area contributed by atoms with Crippen LogP contribution in [0.25, 0.3) is 0 Å². The monoisotopic (exact) mass is 326 g/mol. The molecular weight excluding hydrogens is 304 g/mol. The molecule has 10 heteroatoms. The maximum atomic E-state index is 9.96. The Hall–Kier alpha value is -0.400. The van der Waals surface area contributed by atoms with E-state index in [1.807, 2.05) is 0 Å². The van der Waals surface area contributed by atoms with E-state index in [2.05, 4.69) is 0 Å². The van der Waals surface area contributed by atoms with E-state index in [1.165, 1.54) is 0 Å². The number of aliphatic hydroxyl groups excluding tert-OH is 6. The van der Waals surface area contributed by atoms with Gasteiger partial charge in [-0.15, -0.1) is 0 Å². The van der Waals surface area contributed by atoms with Crippen LogP contribution >= 0.6 is 0 Å². The average Bonchev–Trinajstić information content (AvgIpc) is 2.49. The van der Waals surface area contributed by atoms with Crippen LogP contribution in [0, 0.1) is 0 Å². The molecule has 0 aromatic carbocycles. The summed E-state index contributed by atoms with van der Waals surface area (Å²) in [4.78, 5) is 0. The summed E-state index contributed by atoms with van der Waals surface area (Å²) < 4.78 is 10.3. The Morgan fingerprint density at radius 2 is 1.05 bits per heavy atom. The molecule has 0 radical (unpaired) electrons. The third-order valence-corrected chi connectivity index (χ3v) is 4.18. The summed E-state index contributed by atoms with van der Waals surface area (Å²) in [5.41, 5.74) is 0. The molecule has 2 saturated heterocycles. The second-order valence-corrected chi connectivity index (χ2v) is 5.81. The molecule has 2 unspecified atom stereocenters. The van der Waals surface area contributed by atoms with Gasteiger partial charge in [-0.1, -0.05) is 0 Å². The van der Waals surface area contributed by atoms with Gasteiger partial charge in [-0.3, -0.25) is 0 Å². The summed E-state index contributed by atoms with van der Waals surface area (Å²) in [6.45, 7) is -1.99. The van der Waals surface area contributed by atoms with Crippen molar-refractivity contribution in [1.82, 2.24) is 0 Å². The van der Waals surface area contributed by atoms with Crippen LogP contribution in [0.3, 0.4) is 0 Å². The lowest BCUT2D eigenvalue weighted by molar-refractivity contribution is -0.382. The molecule has 2 aliphatic heterocycles. The number of hydrogen-bond acceptors (Lipinski definition) is 10. The summed E-state index contributed by atoms with van der Waals surface area (Å²) in [6.07, 6.45) is -8.99. The van der Waals surface area contributed by atoms with Gasteiger partial charge in [-0.25, -0.2) is 0 Å². The Kier molecular flexibility index (Phi) is 5.09. The van der Waals surface area contributed by atoms with E-state index < -0.39 is 61.4 Å². The van der Waals surface area contributed by atoms with E-state index in [0.29, 0.717) is 0 Å². The van der Waals surface area contributed by atoms with E-state index in [9.17, 15) is 30.6 Å². The Labute approximate surface area is 125 Å². The Morgan fingerprint density at radius 1 is 0.727 bits per heavy atom. The summed E-state index contributed by atoms with van der Waals surface area (Å²) in [5.74, 6) is -4.85. The summed E-state index contributed by atoms with van der Waals surface area (Å²) >= 11 is 0. The molecule has 0 spiro atoms. The van der Waals surface area contributed by atoms with Gasteiger partial charge in [0.05, 0.1) is 37.6 Å². The van der Waals surface area contributed by atoms with Crippen molar-refractivity contribution in [2.24, 2.45) is 0 Å². The van der Waals surface area contributed by atoms with Gasteiger partial charge in [0.1, 0.15) is 12.2 Å². The van der Waals surface area contributed by atoms with Gasteiger partial charge < -0.3 is 50.3 Å². The fraction of sp³-hybridized carbons (Fsp3) is 1.00. The van der Waals surface area contributed by atoms with Gasteiger partial charge in [-0.05, 0) is 0 Å². The topological polar surface area (TPSA) is 180 Å². The van der Waals surface area contributed by atoms with Crippen molar-refractivity contribution in [3.8, 4) is 0 Å². The zero-order chi connectivity index (χ0) is 16.7. The van der Waals surface area contributed by atoms with Crippen LogP contribution in [0.1, 0.15) is 12.8 Å². The summed E-state index contributed by atoms with van der Waals surface area (Å²) in [7, 11) is 0. The van der Waals surface area contributed by atoms with E-state index in [-0.39, 0.29) is 12.8 Å². The molecule has 2 heterocycles. The first-order valence-electron chi connectivity index (χ1n) is 6.91. The first-order valence-corrected chi connectivity index (χ1v) is 6.91. The van der Waals surface area contributed by atoms with E-state index in [4.69, 9.17) is 19.7 Å². The van der Waals surface area contributed by atoms with Crippen molar-refractivity contribution in [3.63, 3.8) is 0 Å². The zero-order valence-electron chi connectivity index (χ0n) is 11.7. The molecule has 130 valence electrons. The molecule has 2 rings (SSSR count). The number of aliphatic hydroxyl groups is 8. The fourth-order valence-electron chi connectivity index (χ4n) is 2.81. The predicted octanol–water partition coefficient (Wildman–Crippen LogP) is -4.63. The smallest absolute Gasteiger partial charge is 0.218 e. The quantitative estimate of drug-likeness (QED) is 0.251. The minimum Gasteiger partial charge on any atom is -0.391 e. The molecule has 0 aromatic rings. The highest BCUT2D eigenvalue weighted by Gasteiger charge is 2.54. The third-order valence-electron chi connectivity index (χ3n) is 4.18. The molecule has 0 aromatic heterocycles. The maximum absolute atomic E-state index is 9.96. The van der Waals surface area contributed by atoms with E-state index in [1.54, 1.807) is 0 Å². The standard InChI is InChI=1S/C12H22O10/c13-3-11(19)9(17)5(15)1-7(21-11)8-2-6(16)10(18)12(20,4-14)22-8/h5-10,13-20H,1-4H2/t5-,6?,7-,8+,9+,10+,11?,12-/m1/s1. The molecular formula is C12H22O10. The van der Waals surface area contributed by atoms with Gasteiger partial charge in [-0.2, -0.15) is 0 Å². The van der Waals surface area contributed by atoms with Gasteiger partial charge >= 0.3 is 0 Å². The highest BCUT2D eigenvalue weighted by atomic mass is 16.7. The van der Waals surface area contributed by atoms with Crippen molar-refractivity contribution >= 4 is 0 Å². The van der Waals surface area contributed by atoms with Crippen LogP contribution < -0.4 is 0 Å². The summed E-state index contributed by atoms with van der Waals surface area (Å²) in [6, 6.07) is 0. The molecule has 8 N–H and O–H groups in total. The van der Waals surface area contributed by atoms with Crippen LogP contribution in [0.15, 0.2) is 0 Å². The Morgan fingerprint density at radius 3 is 1.32 bits per heavy atom. The number of hydrogen-bond donors (Lipinski definition) is 8. The Balaban J connectivity index is 2.17. The first-order chi connectivity index (χ1) is 10.2.